The molecule has 0 aromatic heterocycles. The van der Waals surface area contributed by atoms with Crippen molar-refractivity contribution in [3.63, 3.8) is 0 Å². The Morgan fingerprint density at radius 2 is 1.78 bits per heavy atom. The van der Waals surface area contributed by atoms with Crippen LogP contribution in [0.25, 0.3) is 0 Å². The molecular weight excluding hydrogens is 220 g/mol. The van der Waals surface area contributed by atoms with Gasteiger partial charge in [-0.1, -0.05) is 33.8 Å². The largest absolute Gasteiger partial charge is 0.378 e. The van der Waals surface area contributed by atoms with Gasteiger partial charge in [-0.15, -0.1) is 0 Å². The van der Waals surface area contributed by atoms with Crippen LogP contribution in [0.2, 0.25) is 0 Å². The molecular formula is C16H28N2. The van der Waals surface area contributed by atoms with Gasteiger partial charge in [0.1, 0.15) is 0 Å². The molecule has 18 heavy (non-hydrogen) atoms. The van der Waals surface area contributed by atoms with Gasteiger partial charge in [0.2, 0.25) is 0 Å². The van der Waals surface area contributed by atoms with Gasteiger partial charge in [-0.05, 0) is 42.8 Å². The summed E-state index contributed by atoms with van der Waals surface area (Å²) in [5.41, 5.74) is 3.66. The molecule has 0 aliphatic carbocycles. The first kappa shape index (κ1) is 16.6. The van der Waals surface area contributed by atoms with Crippen molar-refractivity contribution in [1.82, 2.24) is 0 Å². The highest BCUT2D eigenvalue weighted by Gasteiger charge is 1.99. The van der Waals surface area contributed by atoms with Crippen LogP contribution in [0.4, 0.5) is 11.4 Å². The Morgan fingerprint density at radius 3 is 2.22 bits per heavy atom. The molecule has 0 aliphatic heterocycles. The van der Waals surface area contributed by atoms with Crippen molar-refractivity contribution in [2.75, 3.05) is 24.3 Å². The summed E-state index contributed by atoms with van der Waals surface area (Å²) < 4.78 is 0. The summed E-state index contributed by atoms with van der Waals surface area (Å²) in [4.78, 5) is 2.11. The number of benzene rings is 1. The SMILES string of the molecule is CC.Cc1cc(N(C)C)ccc1N/C=C/C(C)C. The molecule has 0 amide bonds. The number of hydrogen-bond acceptors (Lipinski definition) is 2. The van der Waals surface area contributed by atoms with Gasteiger partial charge in [-0.25, -0.2) is 0 Å². The molecule has 0 saturated heterocycles. The van der Waals surface area contributed by atoms with E-state index in [1.54, 1.807) is 0 Å². The van der Waals surface area contributed by atoms with E-state index < -0.39 is 0 Å². The van der Waals surface area contributed by atoms with Crippen LogP contribution in [-0.4, -0.2) is 14.1 Å². The number of rotatable bonds is 4. The van der Waals surface area contributed by atoms with Gasteiger partial charge in [0.05, 0.1) is 0 Å². The topological polar surface area (TPSA) is 15.3 Å². The minimum atomic E-state index is 0.578. The van der Waals surface area contributed by atoms with E-state index in [2.05, 4.69) is 69.4 Å². The lowest BCUT2D eigenvalue weighted by atomic mass is 10.1. The Morgan fingerprint density at radius 1 is 1.17 bits per heavy atom. The summed E-state index contributed by atoms with van der Waals surface area (Å²) in [7, 11) is 4.11. The van der Waals surface area contributed by atoms with Gasteiger partial charge in [0.15, 0.2) is 0 Å². The predicted molar refractivity (Wildman–Crippen MR) is 84.5 cm³/mol. The molecule has 0 heterocycles. The van der Waals surface area contributed by atoms with Crippen molar-refractivity contribution in [3.05, 3.63) is 36.0 Å². The molecule has 1 rings (SSSR count). The highest BCUT2D eigenvalue weighted by molar-refractivity contribution is 5.60. The zero-order chi connectivity index (χ0) is 14.1. The lowest BCUT2D eigenvalue weighted by Crippen LogP contribution is -2.08. The van der Waals surface area contributed by atoms with Crippen LogP contribution in [0, 0.1) is 12.8 Å². The van der Waals surface area contributed by atoms with Crippen LogP contribution < -0.4 is 10.2 Å². The Kier molecular flexibility index (Phi) is 7.93. The maximum absolute atomic E-state index is 3.31. The van der Waals surface area contributed by atoms with E-state index in [-0.39, 0.29) is 0 Å². The van der Waals surface area contributed by atoms with Crippen LogP contribution in [0.3, 0.4) is 0 Å². The molecule has 102 valence electrons. The molecule has 0 fully saturated rings. The number of hydrogen-bond donors (Lipinski definition) is 1. The maximum atomic E-state index is 3.31. The van der Waals surface area contributed by atoms with E-state index in [0.29, 0.717) is 5.92 Å². The molecule has 0 saturated carbocycles. The molecule has 0 atom stereocenters. The Balaban J connectivity index is 0.00000137. The fourth-order valence-electron chi connectivity index (χ4n) is 1.42. The summed E-state index contributed by atoms with van der Waals surface area (Å²) in [5, 5.41) is 3.31. The summed E-state index contributed by atoms with van der Waals surface area (Å²) >= 11 is 0. The summed E-state index contributed by atoms with van der Waals surface area (Å²) in [6.45, 7) is 10.5. The maximum Gasteiger partial charge on any atom is 0.0410 e. The number of aryl methyl sites for hydroxylation is 1. The summed E-state index contributed by atoms with van der Waals surface area (Å²) in [6, 6.07) is 6.43. The summed E-state index contributed by atoms with van der Waals surface area (Å²) in [5.74, 6) is 0.578. The van der Waals surface area contributed by atoms with Crippen molar-refractivity contribution in [1.29, 1.82) is 0 Å². The third-order valence-corrected chi connectivity index (χ3v) is 2.45. The lowest BCUT2D eigenvalue weighted by Gasteiger charge is -2.15. The minimum absolute atomic E-state index is 0.578. The smallest absolute Gasteiger partial charge is 0.0410 e. The lowest BCUT2D eigenvalue weighted by molar-refractivity contribution is 0.830. The number of allylic oxidation sites excluding steroid dienone is 1. The van der Waals surface area contributed by atoms with Crippen LogP contribution in [0.5, 0.6) is 0 Å². The van der Waals surface area contributed by atoms with E-state index in [0.717, 1.165) is 0 Å². The van der Waals surface area contributed by atoms with E-state index in [4.69, 9.17) is 0 Å². The second-order valence-corrected chi connectivity index (χ2v) is 4.64. The van der Waals surface area contributed by atoms with Gasteiger partial charge in [-0.3, -0.25) is 0 Å². The molecule has 0 bridgehead atoms. The van der Waals surface area contributed by atoms with Gasteiger partial charge in [-0.2, -0.15) is 0 Å². The fourth-order valence-corrected chi connectivity index (χ4v) is 1.42. The normalized spacial score (nSPS) is 10.2. The Hall–Kier alpha value is -1.44. The van der Waals surface area contributed by atoms with Crippen LogP contribution in [-0.2, 0) is 0 Å². The Labute approximate surface area is 113 Å². The average Bonchev–Trinajstić information content (AvgIpc) is 2.33. The van der Waals surface area contributed by atoms with Gasteiger partial charge < -0.3 is 10.2 Å². The van der Waals surface area contributed by atoms with E-state index in [1.165, 1.54) is 16.9 Å². The third kappa shape index (κ3) is 5.76. The highest BCUT2D eigenvalue weighted by Crippen LogP contribution is 2.21. The fraction of sp³-hybridized carbons (Fsp3) is 0.500. The van der Waals surface area contributed by atoms with Gasteiger partial charge in [0, 0.05) is 25.5 Å². The van der Waals surface area contributed by atoms with Crippen molar-refractivity contribution in [3.8, 4) is 0 Å². The first-order valence-electron chi connectivity index (χ1n) is 6.72. The predicted octanol–water partition coefficient (Wildman–Crippen LogP) is 4.67. The van der Waals surface area contributed by atoms with Crippen LogP contribution >= 0.6 is 0 Å². The first-order chi connectivity index (χ1) is 8.50. The quantitative estimate of drug-likeness (QED) is 0.833. The standard InChI is InChI=1S/C14H22N2.C2H6/c1-11(2)8-9-15-14-7-6-13(16(4)5)10-12(14)3;1-2/h6-11,15H,1-5H3;1-2H3/b9-8+;. The van der Waals surface area contributed by atoms with Crippen molar-refractivity contribution in [2.24, 2.45) is 5.92 Å². The molecule has 1 aromatic carbocycles. The van der Waals surface area contributed by atoms with Crippen molar-refractivity contribution >= 4 is 11.4 Å². The number of nitrogens with zero attached hydrogens (tertiary/aromatic N) is 1. The zero-order valence-electron chi connectivity index (χ0n) is 12.9. The van der Waals surface area contributed by atoms with Gasteiger partial charge >= 0.3 is 0 Å². The first-order valence-corrected chi connectivity index (χ1v) is 6.72. The molecule has 1 N–H and O–H groups in total. The summed E-state index contributed by atoms with van der Waals surface area (Å²) in [6.07, 6.45) is 4.17. The average molecular weight is 248 g/mol. The monoisotopic (exact) mass is 248 g/mol. The molecule has 2 nitrogen and oxygen atoms in total. The number of anilines is 2. The van der Waals surface area contributed by atoms with E-state index in [1.807, 2.05) is 20.0 Å². The minimum Gasteiger partial charge on any atom is -0.378 e. The molecule has 0 aliphatic rings. The van der Waals surface area contributed by atoms with Crippen molar-refractivity contribution < 1.29 is 0 Å². The zero-order valence-corrected chi connectivity index (χ0v) is 12.9. The molecule has 0 unspecified atom stereocenters. The number of nitrogens with one attached hydrogen (secondary N) is 1. The Bertz CT molecular complexity index is 365. The molecule has 0 radical (unpaired) electrons. The highest BCUT2D eigenvalue weighted by atomic mass is 15.1. The molecule has 0 spiro atoms. The van der Waals surface area contributed by atoms with Crippen LogP contribution in [0.1, 0.15) is 33.3 Å². The van der Waals surface area contributed by atoms with E-state index >= 15 is 0 Å². The molecule has 2 heteroatoms. The van der Waals surface area contributed by atoms with E-state index in [9.17, 15) is 0 Å². The molecule has 1 aromatic rings. The van der Waals surface area contributed by atoms with Crippen LogP contribution in [0.15, 0.2) is 30.5 Å². The second-order valence-electron chi connectivity index (χ2n) is 4.64. The van der Waals surface area contributed by atoms with Crippen molar-refractivity contribution in [2.45, 2.75) is 34.6 Å². The second kappa shape index (κ2) is 8.62. The van der Waals surface area contributed by atoms with Gasteiger partial charge in [0.25, 0.3) is 0 Å². The third-order valence-electron chi connectivity index (χ3n) is 2.45.